The van der Waals surface area contributed by atoms with E-state index in [1.165, 1.54) is 14.2 Å². The van der Waals surface area contributed by atoms with Crippen LogP contribution in [0.5, 0.6) is 11.5 Å². The number of nitrogens with one attached hydrogen (secondary N) is 2. The average molecular weight is 412 g/mol. The Morgan fingerprint density at radius 3 is 2.38 bits per heavy atom. The van der Waals surface area contributed by atoms with Crippen LogP contribution < -0.4 is 14.8 Å². The van der Waals surface area contributed by atoms with Crippen LogP contribution in [0.15, 0.2) is 42.5 Å². The van der Waals surface area contributed by atoms with E-state index in [0.717, 1.165) is 5.56 Å². The van der Waals surface area contributed by atoms with E-state index >= 15 is 0 Å². The third-order valence-electron chi connectivity index (χ3n) is 4.92. The van der Waals surface area contributed by atoms with E-state index in [1.54, 1.807) is 30.3 Å². The molecule has 148 valence electrons. The van der Waals surface area contributed by atoms with Gasteiger partial charge in [0.2, 0.25) is 5.91 Å². The van der Waals surface area contributed by atoms with Crippen molar-refractivity contribution >= 4 is 29.1 Å². The van der Waals surface area contributed by atoms with Gasteiger partial charge in [0.05, 0.1) is 25.8 Å². The molecule has 0 aliphatic carbocycles. The standard InChI is InChI=1S/C21H18ClN3O4/c1-28-14-4-3-5-15(29-2)18(14)20(27)13-10-16(26)23-21-17(13)19(24-25-21)11-6-8-12(22)9-7-11/h3-9,13H,10H2,1-2H3,(H2,23,24,25,26)/t13-/m1/s1. The molecule has 7 nitrogen and oxygen atoms in total. The van der Waals surface area contributed by atoms with Gasteiger partial charge < -0.3 is 14.8 Å². The number of aromatic nitrogens is 2. The fraction of sp³-hybridized carbons (Fsp3) is 0.190. The van der Waals surface area contributed by atoms with E-state index in [2.05, 4.69) is 15.5 Å². The van der Waals surface area contributed by atoms with Crippen LogP contribution in [0.25, 0.3) is 11.3 Å². The number of anilines is 1. The van der Waals surface area contributed by atoms with Gasteiger partial charge in [0, 0.05) is 22.6 Å². The van der Waals surface area contributed by atoms with Gasteiger partial charge in [-0.1, -0.05) is 29.8 Å². The minimum Gasteiger partial charge on any atom is -0.496 e. The van der Waals surface area contributed by atoms with Crippen molar-refractivity contribution in [2.24, 2.45) is 0 Å². The van der Waals surface area contributed by atoms with Crippen LogP contribution in [0.3, 0.4) is 0 Å². The summed E-state index contributed by atoms with van der Waals surface area (Å²) in [5, 5.41) is 10.5. The molecule has 1 aliphatic heterocycles. The second-order valence-electron chi connectivity index (χ2n) is 6.57. The van der Waals surface area contributed by atoms with Crippen molar-refractivity contribution in [2.75, 3.05) is 19.5 Å². The molecule has 4 rings (SSSR count). The van der Waals surface area contributed by atoms with Gasteiger partial charge >= 0.3 is 0 Å². The minimum absolute atomic E-state index is 0.00679. The Balaban J connectivity index is 1.85. The molecule has 0 fully saturated rings. The summed E-state index contributed by atoms with van der Waals surface area (Å²) in [5.41, 5.74) is 2.39. The van der Waals surface area contributed by atoms with Crippen molar-refractivity contribution in [2.45, 2.75) is 12.3 Å². The van der Waals surface area contributed by atoms with Crippen molar-refractivity contribution in [3.8, 4) is 22.8 Å². The number of rotatable bonds is 5. The number of halogens is 1. The highest BCUT2D eigenvalue weighted by Gasteiger charge is 2.38. The summed E-state index contributed by atoms with van der Waals surface area (Å²) in [4.78, 5) is 25.9. The zero-order chi connectivity index (χ0) is 20.5. The maximum atomic E-state index is 13.6. The first kappa shape index (κ1) is 19.0. The number of amides is 1. The number of fused-ring (bicyclic) bond motifs is 1. The predicted octanol–water partition coefficient (Wildman–Crippen LogP) is 4.06. The van der Waals surface area contributed by atoms with E-state index < -0.39 is 5.92 Å². The highest BCUT2D eigenvalue weighted by Crippen LogP contribution is 2.42. The molecule has 0 unspecified atom stereocenters. The molecule has 8 heteroatoms. The second-order valence-corrected chi connectivity index (χ2v) is 7.01. The Kier molecular flexibility index (Phi) is 4.98. The fourth-order valence-corrected chi connectivity index (χ4v) is 3.71. The number of carbonyl (C=O) groups excluding carboxylic acids is 2. The summed E-state index contributed by atoms with van der Waals surface area (Å²) in [7, 11) is 2.98. The normalized spacial score (nSPS) is 15.4. The van der Waals surface area contributed by atoms with Crippen molar-refractivity contribution in [1.29, 1.82) is 0 Å². The number of hydrogen-bond donors (Lipinski definition) is 2. The molecule has 1 aromatic heterocycles. The zero-order valence-electron chi connectivity index (χ0n) is 15.8. The number of benzene rings is 2. The SMILES string of the molecule is COc1cccc(OC)c1C(=O)[C@@H]1CC(=O)Nc2n[nH]c(-c3ccc(Cl)cc3)c21. The summed E-state index contributed by atoms with van der Waals surface area (Å²) in [5.74, 6) is -0.172. The minimum atomic E-state index is -0.742. The lowest BCUT2D eigenvalue weighted by atomic mass is 9.83. The molecule has 0 bridgehead atoms. The molecule has 29 heavy (non-hydrogen) atoms. The molecule has 0 saturated heterocycles. The monoisotopic (exact) mass is 411 g/mol. The average Bonchev–Trinajstić information content (AvgIpc) is 3.16. The maximum Gasteiger partial charge on any atom is 0.226 e. The van der Waals surface area contributed by atoms with Gasteiger partial charge in [0.1, 0.15) is 17.1 Å². The van der Waals surface area contributed by atoms with Gasteiger partial charge in [-0.25, -0.2) is 0 Å². The van der Waals surface area contributed by atoms with Crippen LogP contribution in [-0.2, 0) is 4.79 Å². The summed E-state index contributed by atoms with van der Waals surface area (Å²) >= 11 is 6.00. The number of hydrogen-bond acceptors (Lipinski definition) is 5. The Bertz CT molecular complexity index is 1070. The Morgan fingerprint density at radius 1 is 1.10 bits per heavy atom. The second kappa shape index (κ2) is 7.60. The zero-order valence-corrected chi connectivity index (χ0v) is 16.5. The third kappa shape index (κ3) is 3.34. The van der Waals surface area contributed by atoms with E-state index in [-0.39, 0.29) is 18.1 Å². The highest BCUT2D eigenvalue weighted by molar-refractivity contribution is 6.30. The number of H-pyrrole nitrogens is 1. The van der Waals surface area contributed by atoms with Crippen LogP contribution >= 0.6 is 11.6 Å². The van der Waals surface area contributed by atoms with E-state index in [9.17, 15) is 9.59 Å². The van der Waals surface area contributed by atoms with Crippen LogP contribution in [-0.4, -0.2) is 36.1 Å². The lowest BCUT2D eigenvalue weighted by molar-refractivity contribution is -0.116. The third-order valence-corrected chi connectivity index (χ3v) is 5.18. The first-order chi connectivity index (χ1) is 14.0. The van der Waals surface area contributed by atoms with E-state index in [0.29, 0.717) is 39.2 Å². The van der Waals surface area contributed by atoms with E-state index in [1.807, 2.05) is 12.1 Å². The quantitative estimate of drug-likeness (QED) is 0.617. The maximum absolute atomic E-state index is 13.6. The van der Waals surface area contributed by atoms with Gasteiger partial charge in [-0.2, -0.15) is 5.10 Å². The lowest BCUT2D eigenvalue weighted by Gasteiger charge is -2.23. The Labute approximate surface area is 172 Å². The molecule has 0 spiro atoms. The highest BCUT2D eigenvalue weighted by atomic mass is 35.5. The number of nitrogens with zero attached hydrogens (tertiary/aromatic N) is 1. The molecule has 2 heterocycles. The smallest absolute Gasteiger partial charge is 0.226 e. The summed E-state index contributed by atoms with van der Waals surface area (Å²) in [6, 6.07) is 12.3. The molecule has 2 N–H and O–H groups in total. The topological polar surface area (TPSA) is 93.3 Å². The van der Waals surface area contributed by atoms with Crippen LogP contribution in [0.2, 0.25) is 5.02 Å². The van der Waals surface area contributed by atoms with Gasteiger partial charge in [0.25, 0.3) is 0 Å². The fourth-order valence-electron chi connectivity index (χ4n) is 3.58. The Morgan fingerprint density at radius 2 is 1.76 bits per heavy atom. The molecule has 1 aliphatic rings. The first-order valence-corrected chi connectivity index (χ1v) is 9.30. The van der Waals surface area contributed by atoms with Crippen molar-refractivity contribution in [3.63, 3.8) is 0 Å². The molecule has 2 aromatic carbocycles. The number of carbonyl (C=O) groups is 2. The summed E-state index contributed by atoms with van der Waals surface area (Å²) in [6.45, 7) is 0. The molecule has 3 aromatic rings. The van der Waals surface area contributed by atoms with Crippen LogP contribution in [0.1, 0.15) is 28.3 Å². The first-order valence-electron chi connectivity index (χ1n) is 8.92. The number of Topliss-reactive ketones (excluding diaryl/α,β-unsaturated/α-hetero) is 1. The predicted molar refractivity (Wildman–Crippen MR) is 109 cm³/mol. The molecular formula is C21H18ClN3O4. The summed E-state index contributed by atoms with van der Waals surface area (Å²) < 4.78 is 10.8. The number of ether oxygens (including phenoxy) is 2. The lowest BCUT2D eigenvalue weighted by Crippen LogP contribution is -2.28. The van der Waals surface area contributed by atoms with E-state index in [4.69, 9.17) is 21.1 Å². The van der Waals surface area contributed by atoms with Crippen molar-refractivity contribution < 1.29 is 19.1 Å². The molecule has 1 amide bonds. The number of methoxy groups -OCH3 is 2. The van der Waals surface area contributed by atoms with Crippen LogP contribution in [0.4, 0.5) is 5.82 Å². The largest absolute Gasteiger partial charge is 0.496 e. The molecule has 0 saturated carbocycles. The number of aromatic amines is 1. The van der Waals surface area contributed by atoms with Gasteiger partial charge in [-0.3, -0.25) is 14.7 Å². The molecule has 0 radical (unpaired) electrons. The van der Waals surface area contributed by atoms with Gasteiger partial charge in [-0.05, 0) is 24.3 Å². The molecular weight excluding hydrogens is 394 g/mol. The summed E-state index contributed by atoms with van der Waals surface area (Å²) in [6.07, 6.45) is -0.00679. The van der Waals surface area contributed by atoms with Crippen LogP contribution in [0, 0.1) is 0 Å². The number of ketones is 1. The van der Waals surface area contributed by atoms with Gasteiger partial charge in [0.15, 0.2) is 11.6 Å². The molecule has 1 atom stereocenters. The van der Waals surface area contributed by atoms with Gasteiger partial charge in [-0.15, -0.1) is 0 Å². The van der Waals surface area contributed by atoms with Crippen molar-refractivity contribution in [1.82, 2.24) is 10.2 Å². The van der Waals surface area contributed by atoms with Crippen molar-refractivity contribution in [3.05, 3.63) is 58.6 Å². The Hall–Kier alpha value is -3.32.